The first-order valence-electron chi connectivity index (χ1n) is 14.1. The lowest BCUT2D eigenvalue weighted by Crippen LogP contribution is -2.40. The van der Waals surface area contributed by atoms with E-state index in [1.54, 1.807) is 45.2 Å². The number of rotatable bonds is 12. The van der Waals surface area contributed by atoms with Gasteiger partial charge in [0.2, 0.25) is 23.0 Å². The fourth-order valence-corrected chi connectivity index (χ4v) is 5.97. The first-order valence-corrected chi connectivity index (χ1v) is 15.5. The van der Waals surface area contributed by atoms with E-state index in [1.807, 2.05) is 48.3 Å². The Labute approximate surface area is 256 Å². The lowest BCUT2D eigenvalue weighted by molar-refractivity contribution is -0.122. The van der Waals surface area contributed by atoms with Gasteiger partial charge in [-0.1, -0.05) is 6.07 Å². The number of benzene rings is 1. The number of methoxy groups -OCH3 is 3. The van der Waals surface area contributed by atoms with E-state index in [4.69, 9.17) is 14.2 Å². The van der Waals surface area contributed by atoms with Gasteiger partial charge >= 0.3 is 0 Å². The van der Waals surface area contributed by atoms with Crippen LogP contribution >= 0.6 is 11.8 Å². The minimum absolute atomic E-state index is 0.192. The molecule has 2 atom stereocenters. The van der Waals surface area contributed by atoms with E-state index in [-0.39, 0.29) is 22.9 Å². The molecule has 2 amide bonds. The Balaban J connectivity index is 1.80. The van der Waals surface area contributed by atoms with Crippen LogP contribution in [0.2, 0.25) is 0 Å². The third-order valence-corrected chi connectivity index (χ3v) is 8.31. The molecule has 0 aliphatic heterocycles. The number of aryl methyl sites for hydroxylation is 2. The number of ether oxygens (including phenoxy) is 3. The summed E-state index contributed by atoms with van der Waals surface area (Å²) >= 11 is 1.63. The summed E-state index contributed by atoms with van der Waals surface area (Å²) in [6, 6.07) is 9.85. The summed E-state index contributed by atoms with van der Waals surface area (Å²) in [5.41, 5.74) is 4.06. The highest BCUT2D eigenvalue weighted by molar-refractivity contribution is 7.98. The van der Waals surface area contributed by atoms with E-state index < -0.39 is 12.1 Å². The summed E-state index contributed by atoms with van der Waals surface area (Å²) < 4.78 is 19.1. The van der Waals surface area contributed by atoms with Crippen LogP contribution in [0.3, 0.4) is 0 Å². The van der Waals surface area contributed by atoms with Crippen molar-refractivity contribution in [1.82, 2.24) is 15.2 Å². The zero-order chi connectivity index (χ0) is 31.1. The molecule has 1 aliphatic rings. The zero-order valence-corrected chi connectivity index (χ0v) is 26.4. The standard InChI is InChI=1S/C32H40N4O6S/c1-19(37)34-24-11-9-20-16-28(40-3)30(41-4)31(42-5)29(20)22-10-12-25(27(38)17-23(22)24)35-26(13-15-43-6)32(39)33-18-21-8-7-14-36(21)2/h7-8,10,12,14,16-17,24,26H,9,11,13,15,18H2,1-6H3,(H,33,39)(H,34,37)(H,35,38). The van der Waals surface area contributed by atoms with Crippen LogP contribution in [0, 0.1) is 0 Å². The van der Waals surface area contributed by atoms with Crippen LogP contribution in [0.25, 0.3) is 11.1 Å². The Hall–Kier alpha value is -4.12. The second kappa shape index (κ2) is 14.4. The number of anilines is 1. The number of carbonyl (C=O) groups is 2. The predicted octanol–water partition coefficient (Wildman–Crippen LogP) is 4.05. The van der Waals surface area contributed by atoms with E-state index in [0.717, 1.165) is 28.1 Å². The number of nitrogens with one attached hydrogen (secondary N) is 3. The van der Waals surface area contributed by atoms with Crippen LogP contribution in [-0.4, -0.2) is 55.8 Å². The monoisotopic (exact) mass is 608 g/mol. The summed E-state index contributed by atoms with van der Waals surface area (Å²) in [6.07, 6.45) is 5.60. The molecule has 1 aliphatic carbocycles. The molecule has 1 aromatic heterocycles. The Morgan fingerprint density at radius 1 is 1.09 bits per heavy atom. The van der Waals surface area contributed by atoms with Crippen molar-refractivity contribution in [1.29, 1.82) is 0 Å². The lowest BCUT2D eigenvalue weighted by Gasteiger charge is -2.19. The fraction of sp³-hybridized carbons (Fsp3) is 0.406. The Kier molecular flexibility index (Phi) is 10.6. The summed E-state index contributed by atoms with van der Waals surface area (Å²) in [6.45, 7) is 1.84. The molecule has 3 aromatic rings. The van der Waals surface area contributed by atoms with Crippen molar-refractivity contribution < 1.29 is 23.8 Å². The maximum Gasteiger partial charge on any atom is 0.242 e. The van der Waals surface area contributed by atoms with Crippen molar-refractivity contribution in [3.05, 3.63) is 69.6 Å². The third-order valence-electron chi connectivity index (χ3n) is 7.67. The SMILES string of the molecule is COc1cc2c(c(OC)c1OC)-c1ccc(NC(CCSC)C(=O)NCc3cccn3C)c(=O)cc1C(NC(C)=O)CC2. The summed E-state index contributed by atoms with van der Waals surface area (Å²) in [5, 5.41) is 9.25. The van der Waals surface area contributed by atoms with E-state index in [0.29, 0.717) is 48.6 Å². The highest BCUT2D eigenvalue weighted by atomic mass is 32.2. The first kappa shape index (κ1) is 31.8. The molecule has 0 spiro atoms. The Morgan fingerprint density at radius 3 is 2.49 bits per heavy atom. The molecule has 2 aromatic carbocycles. The topological polar surface area (TPSA) is 120 Å². The number of fused-ring (bicyclic) bond motifs is 3. The van der Waals surface area contributed by atoms with E-state index in [2.05, 4.69) is 16.0 Å². The van der Waals surface area contributed by atoms with Crippen LogP contribution in [0.1, 0.15) is 42.6 Å². The third kappa shape index (κ3) is 7.10. The first-order chi connectivity index (χ1) is 20.7. The van der Waals surface area contributed by atoms with Gasteiger partial charge in [-0.25, -0.2) is 0 Å². The van der Waals surface area contributed by atoms with Gasteiger partial charge in [-0.05, 0) is 78.3 Å². The molecule has 4 rings (SSSR count). The van der Waals surface area contributed by atoms with Gasteiger partial charge in [0, 0.05) is 31.4 Å². The predicted molar refractivity (Wildman–Crippen MR) is 170 cm³/mol. The molecule has 0 radical (unpaired) electrons. The zero-order valence-electron chi connectivity index (χ0n) is 25.5. The van der Waals surface area contributed by atoms with Gasteiger partial charge in [0.15, 0.2) is 11.5 Å². The van der Waals surface area contributed by atoms with Gasteiger partial charge in [-0.15, -0.1) is 0 Å². The van der Waals surface area contributed by atoms with Gasteiger partial charge in [0.1, 0.15) is 6.04 Å². The molecule has 1 heterocycles. The summed E-state index contributed by atoms with van der Waals surface area (Å²) in [4.78, 5) is 39.3. The molecule has 2 unspecified atom stereocenters. The molecule has 0 saturated heterocycles. The average Bonchev–Trinajstić information content (AvgIpc) is 3.27. The molecule has 43 heavy (non-hydrogen) atoms. The minimum Gasteiger partial charge on any atom is -0.493 e. The van der Waals surface area contributed by atoms with Crippen molar-refractivity contribution in [2.24, 2.45) is 7.05 Å². The molecule has 0 fully saturated rings. The lowest BCUT2D eigenvalue weighted by atomic mass is 9.95. The van der Waals surface area contributed by atoms with E-state index >= 15 is 0 Å². The van der Waals surface area contributed by atoms with Crippen LogP contribution in [0.5, 0.6) is 17.2 Å². The molecule has 230 valence electrons. The second-order valence-corrected chi connectivity index (χ2v) is 11.4. The smallest absolute Gasteiger partial charge is 0.242 e. The van der Waals surface area contributed by atoms with Gasteiger partial charge in [-0.2, -0.15) is 11.8 Å². The van der Waals surface area contributed by atoms with Crippen molar-refractivity contribution in [3.63, 3.8) is 0 Å². The molecule has 3 N–H and O–H groups in total. The number of thioether (sulfide) groups is 1. The van der Waals surface area contributed by atoms with Crippen molar-refractivity contribution in [2.75, 3.05) is 38.7 Å². The number of aromatic nitrogens is 1. The van der Waals surface area contributed by atoms with Gasteiger partial charge in [-0.3, -0.25) is 14.4 Å². The highest BCUT2D eigenvalue weighted by Crippen LogP contribution is 2.50. The van der Waals surface area contributed by atoms with Gasteiger partial charge < -0.3 is 34.7 Å². The molecule has 10 nitrogen and oxygen atoms in total. The summed E-state index contributed by atoms with van der Waals surface area (Å²) in [7, 11) is 6.60. The number of nitrogens with zero attached hydrogens (tertiary/aromatic N) is 1. The van der Waals surface area contributed by atoms with Crippen molar-refractivity contribution in [2.45, 2.75) is 44.8 Å². The second-order valence-electron chi connectivity index (χ2n) is 10.4. The van der Waals surface area contributed by atoms with E-state index in [1.165, 1.54) is 6.92 Å². The normalized spacial score (nSPS) is 14.4. The highest BCUT2D eigenvalue weighted by Gasteiger charge is 2.30. The Bertz CT molecular complexity index is 1540. The maximum atomic E-state index is 13.8. The van der Waals surface area contributed by atoms with Crippen molar-refractivity contribution in [3.8, 4) is 28.4 Å². The van der Waals surface area contributed by atoms with Crippen molar-refractivity contribution >= 4 is 29.3 Å². The number of hydrogen-bond acceptors (Lipinski definition) is 8. The quantitative estimate of drug-likeness (QED) is 0.282. The molecular formula is C32H40N4O6S. The average molecular weight is 609 g/mol. The number of carbonyl (C=O) groups excluding carboxylic acids is 2. The molecule has 0 saturated carbocycles. The molecule has 0 bridgehead atoms. The number of hydrogen-bond donors (Lipinski definition) is 3. The summed E-state index contributed by atoms with van der Waals surface area (Å²) in [5.74, 6) is 1.79. The molecular weight excluding hydrogens is 568 g/mol. The van der Waals surface area contributed by atoms with Gasteiger partial charge in [0.05, 0.1) is 39.6 Å². The molecule has 11 heteroatoms. The Morgan fingerprint density at radius 2 is 1.86 bits per heavy atom. The van der Waals surface area contributed by atoms with Gasteiger partial charge in [0.25, 0.3) is 0 Å². The van der Waals surface area contributed by atoms with Crippen LogP contribution in [0.4, 0.5) is 5.69 Å². The fourth-order valence-electron chi connectivity index (χ4n) is 5.50. The number of amides is 2. The maximum absolute atomic E-state index is 13.8. The minimum atomic E-state index is -0.625. The van der Waals surface area contributed by atoms with Crippen LogP contribution in [0.15, 0.2) is 47.4 Å². The largest absolute Gasteiger partial charge is 0.493 e. The van der Waals surface area contributed by atoms with E-state index in [9.17, 15) is 14.4 Å². The van der Waals surface area contributed by atoms with Crippen LogP contribution in [-0.2, 0) is 29.6 Å². The van der Waals surface area contributed by atoms with Crippen LogP contribution < -0.4 is 35.6 Å².